The van der Waals surface area contributed by atoms with Crippen molar-refractivity contribution in [3.8, 4) is 11.4 Å². The maximum atomic E-state index is 13.2. The first-order valence-corrected chi connectivity index (χ1v) is 11.8. The van der Waals surface area contributed by atoms with E-state index in [0.29, 0.717) is 35.5 Å². The molecule has 2 aliphatic rings. The minimum atomic E-state index is -0.206. The second kappa shape index (κ2) is 8.68. The van der Waals surface area contributed by atoms with Gasteiger partial charge in [0.1, 0.15) is 17.8 Å². The summed E-state index contributed by atoms with van der Waals surface area (Å²) in [7, 11) is 1.84. The molecule has 1 aromatic carbocycles. The van der Waals surface area contributed by atoms with Gasteiger partial charge in [-0.05, 0) is 42.5 Å². The van der Waals surface area contributed by atoms with E-state index in [4.69, 9.17) is 0 Å². The summed E-state index contributed by atoms with van der Waals surface area (Å²) in [5.41, 5.74) is 4.33. The molecule has 3 N–H and O–H groups in total. The minimum Gasteiger partial charge on any atom is -0.354 e. The van der Waals surface area contributed by atoms with Crippen molar-refractivity contribution in [3.05, 3.63) is 41.9 Å². The van der Waals surface area contributed by atoms with Gasteiger partial charge in [-0.3, -0.25) is 9.89 Å². The third-order valence-electron chi connectivity index (χ3n) is 6.74. The Bertz CT molecular complexity index is 1490. The molecule has 5 heterocycles. The number of hydrogen-bond donors (Lipinski definition) is 3. The summed E-state index contributed by atoms with van der Waals surface area (Å²) in [6.45, 7) is 7.03. The first-order valence-electron chi connectivity index (χ1n) is 11.8. The third-order valence-corrected chi connectivity index (χ3v) is 6.74. The lowest BCUT2D eigenvalue weighted by Crippen LogP contribution is -2.49. The van der Waals surface area contributed by atoms with E-state index in [0.717, 1.165) is 47.7 Å². The number of rotatable bonds is 4. The number of nitrogens with one attached hydrogen (secondary N) is 3. The number of hydrogen-bond acceptors (Lipinski definition) is 10. The summed E-state index contributed by atoms with van der Waals surface area (Å²) in [6, 6.07) is 8.01. The van der Waals surface area contributed by atoms with Crippen molar-refractivity contribution in [1.29, 1.82) is 0 Å². The highest BCUT2D eigenvalue weighted by Gasteiger charge is 2.27. The number of allylic oxidation sites excluding steroid dienone is 1. The summed E-state index contributed by atoms with van der Waals surface area (Å²) >= 11 is 0. The van der Waals surface area contributed by atoms with Crippen molar-refractivity contribution >= 4 is 34.3 Å². The summed E-state index contributed by atoms with van der Waals surface area (Å²) in [5.74, 6) is 1.27. The van der Waals surface area contributed by atoms with Gasteiger partial charge in [0, 0.05) is 55.6 Å². The third kappa shape index (κ3) is 3.82. The molecule has 3 aromatic heterocycles. The second-order valence-corrected chi connectivity index (χ2v) is 9.11. The van der Waals surface area contributed by atoms with Crippen molar-refractivity contribution in [2.24, 2.45) is 0 Å². The Morgan fingerprint density at radius 1 is 1.22 bits per heavy atom. The van der Waals surface area contributed by atoms with E-state index in [1.807, 2.05) is 43.1 Å². The summed E-state index contributed by atoms with van der Waals surface area (Å²) < 4.78 is 1.60. The van der Waals surface area contributed by atoms with Gasteiger partial charge in [-0.15, -0.1) is 0 Å². The van der Waals surface area contributed by atoms with E-state index in [2.05, 4.69) is 58.1 Å². The normalized spacial score (nSPS) is 18.0. The molecular formula is C23H26N12O. The quantitative estimate of drug-likeness (QED) is 0.384. The zero-order valence-corrected chi connectivity index (χ0v) is 20.2. The molecule has 1 amide bonds. The Morgan fingerprint density at radius 2 is 2.11 bits per heavy atom. The topological polar surface area (TPSA) is 146 Å². The number of carbonyl (C=O) groups excluding carboxylic acids is 1. The molecule has 184 valence electrons. The fraction of sp³-hybridized carbons (Fsp3) is 0.348. The predicted molar refractivity (Wildman–Crippen MR) is 134 cm³/mol. The Morgan fingerprint density at radius 3 is 2.97 bits per heavy atom. The van der Waals surface area contributed by atoms with Crippen LogP contribution in [0, 0.1) is 0 Å². The highest BCUT2D eigenvalue weighted by atomic mass is 16.1. The molecule has 6 rings (SSSR count). The summed E-state index contributed by atoms with van der Waals surface area (Å²) in [4.78, 5) is 26.2. The van der Waals surface area contributed by atoms with Crippen LogP contribution in [0.5, 0.6) is 0 Å². The van der Waals surface area contributed by atoms with Crippen LogP contribution in [0.15, 0.2) is 41.9 Å². The van der Waals surface area contributed by atoms with E-state index in [9.17, 15) is 4.79 Å². The molecule has 0 spiro atoms. The molecule has 36 heavy (non-hydrogen) atoms. The monoisotopic (exact) mass is 486 g/mol. The van der Waals surface area contributed by atoms with Gasteiger partial charge < -0.3 is 20.4 Å². The molecule has 13 nitrogen and oxygen atoms in total. The first-order chi connectivity index (χ1) is 17.5. The summed E-state index contributed by atoms with van der Waals surface area (Å²) in [6.07, 6.45) is 1.57. The smallest absolute Gasteiger partial charge is 0.255 e. The maximum Gasteiger partial charge on any atom is 0.255 e. The number of aromatic nitrogens is 8. The van der Waals surface area contributed by atoms with Crippen LogP contribution in [0.3, 0.4) is 0 Å². The number of amides is 1. The minimum absolute atomic E-state index is 0.206. The Labute approximate surface area is 206 Å². The van der Waals surface area contributed by atoms with E-state index in [-0.39, 0.29) is 5.91 Å². The number of anilines is 3. The number of benzene rings is 1. The molecule has 0 bridgehead atoms. The highest BCUT2D eigenvalue weighted by Crippen LogP contribution is 2.30. The molecule has 0 unspecified atom stereocenters. The van der Waals surface area contributed by atoms with Crippen LogP contribution in [0.4, 0.5) is 17.5 Å². The number of H-pyrrole nitrogens is 1. The number of aromatic amines is 1. The molecule has 0 aliphatic carbocycles. The van der Waals surface area contributed by atoms with Crippen molar-refractivity contribution in [3.63, 3.8) is 0 Å². The molecule has 0 radical (unpaired) electrons. The van der Waals surface area contributed by atoms with Crippen LogP contribution in [-0.4, -0.2) is 79.0 Å². The van der Waals surface area contributed by atoms with Crippen LogP contribution in [-0.2, 0) is 11.3 Å². The molecule has 0 saturated carbocycles. The molecule has 1 fully saturated rings. The predicted octanol–water partition coefficient (Wildman–Crippen LogP) is 1.17. The van der Waals surface area contributed by atoms with Crippen LogP contribution >= 0.6 is 0 Å². The van der Waals surface area contributed by atoms with Gasteiger partial charge in [0.15, 0.2) is 0 Å². The van der Waals surface area contributed by atoms with Crippen LogP contribution in [0.1, 0.15) is 13.8 Å². The zero-order valence-electron chi connectivity index (χ0n) is 20.2. The van der Waals surface area contributed by atoms with Crippen LogP contribution < -0.4 is 20.4 Å². The van der Waals surface area contributed by atoms with Gasteiger partial charge in [0.25, 0.3) is 5.91 Å². The van der Waals surface area contributed by atoms with Gasteiger partial charge >= 0.3 is 0 Å². The van der Waals surface area contributed by atoms with Crippen molar-refractivity contribution in [2.45, 2.75) is 26.4 Å². The first kappa shape index (κ1) is 22.1. The fourth-order valence-electron chi connectivity index (χ4n) is 4.68. The van der Waals surface area contributed by atoms with E-state index in [1.165, 1.54) is 0 Å². The molecule has 13 heteroatoms. The molecule has 2 aliphatic heterocycles. The molecular weight excluding hydrogens is 460 g/mol. The lowest BCUT2D eigenvalue weighted by molar-refractivity contribution is -0.113. The second-order valence-electron chi connectivity index (χ2n) is 9.11. The Kier molecular flexibility index (Phi) is 5.33. The average Bonchev–Trinajstić information content (AvgIpc) is 3.53. The standard InChI is InChI=1S/C23H26N12O/c1-13-10-34(7-6-24-13)20-9-19(25-12-26-20)21-16-8-15(4-5-18(16)28-29-21)27-22(36)17-11-35-23(30-31-32-35)33(3)14(17)2/h4-5,8-9,12-13,24H,6-7,10-11H2,1-3H3,(H,27,36)(H,28,29)/t13-/m1/s1. The lowest BCUT2D eigenvalue weighted by atomic mass is 10.1. The maximum absolute atomic E-state index is 13.2. The molecule has 1 atom stereocenters. The van der Waals surface area contributed by atoms with E-state index < -0.39 is 0 Å². The van der Waals surface area contributed by atoms with Crippen LogP contribution in [0.2, 0.25) is 0 Å². The van der Waals surface area contributed by atoms with Crippen molar-refractivity contribution in [2.75, 3.05) is 41.8 Å². The van der Waals surface area contributed by atoms with Gasteiger partial charge in [0.05, 0.1) is 23.3 Å². The van der Waals surface area contributed by atoms with Crippen molar-refractivity contribution in [1.82, 2.24) is 45.7 Å². The largest absolute Gasteiger partial charge is 0.354 e. The highest BCUT2D eigenvalue weighted by molar-refractivity contribution is 6.06. The van der Waals surface area contributed by atoms with Crippen molar-refractivity contribution < 1.29 is 4.79 Å². The van der Waals surface area contributed by atoms with Crippen LogP contribution in [0.25, 0.3) is 22.3 Å². The lowest BCUT2D eigenvalue weighted by Gasteiger charge is -2.32. The Hall–Kier alpha value is -4.39. The molecule has 4 aromatic rings. The average molecular weight is 487 g/mol. The number of carbonyl (C=O) groups is 1. The van der Waals surface area contributed by atoms with E-state index >= 15 is 0 Å². The molecule has 1 saturated heterocycles. The van der Waals surface area contributed by atoms with E-state index in [1.54, 1.807) is 11.0 Å². The number of piperazine rings is 1. The van der Waals surface area contributed by atoms with Gasteiger partial charge in [-0.1, -0.05) is 5.10 Å². The summed E-state index contributed by atoms with van der Waals surface area (Å²) in [5, 5.41) is 26.6. The number of tetrazole rings is 1. The van der Waals surface area contributed by atoms with Gasteiger partial charge in [0.2, 0.25) is 5.95 Å². The Balaban J connectivity index is 1.28. The van der Waals surface area contributed by atoms with Gasteiger partial charge in [-0.25, -0.2) is 14.6 Å². The SMILES string of the molecule is CC1=C(C(=O)Nc2ccc3[nH]nc(-c4cc(N5CCN[C@H](C)C5)ncn4)c3c2)Cn2nnnc2N1C. The number of nitrogens with zero attached hydrogens (tertiary/aromatic N) is 9. The fourth-order valence-corrected chi connectivity index (χ4v) is 4.68. The number of fused-ring (bicyclic) bond motifs is 2. The van der Waals surface area contributed by atoms with Gasteiger partial charge in [-0.2, -0.15) is 5.10 Å². The zero-order chi connectivity index (χ0) is 24.8.